The summed E-state index contributed by atoms with van der Waals surface area (Å²) in [6.07, 6.45) is 1.23. The van der Waals surface area contributed by atoms with E-state index in [0.717, 1.165) is 13.1 Å². The van der Waals surface area contributed by atoms with Gasteiger partial charge in [0.1, 0.15) is 0 Å². The van der Waals surface area contributed by atoms with Crippen molar-refractivity contribution >= 4 is 11.8 Å². The van der Waals surface area contributed by atoms with Crippen LogP contribution in [-0.4, -0.2) is 36.5 Å². The van der Waals surface area contributed by atoms with Crippen LogP contribution in [0.25, 0.3) is 0 Å². The number of nitrogens with zero attached hydrogens (tertiary/aromatic N) is 2. The maximum absolute atomic E-state index is 8.61. The molecule has 0 aliphatic heterocycles. The molecule has 0 fully saturated rings. The summed E-state index contributed by atoms with van der Waals surface area (Å²) in [6.45, 7) is 6.16. The van der Waals surface area contributed by atoms with Gasteiger partial charge in [0.25, 0.3) is 0 Å². The SMILES string of the molecule is CCSCCCN(C)CC(C)C#N. The Balaban J connectivity index is 3.30. The Morgan fingerprint density at radius 3 is 2.77 bits per heavy atom. The molecule has 0 rings (SSSR count). The Hall–Kier alpha value is -0.200. The van der Waals surface area contributed by atoms with E-state index in [0.29, 0.717) is 0 Å². The molecule has 0 saturated heterocycles. The molecular weight excluding hydrogens is 180 g/mol. The molecule has 0 amide bonds. The summed E-state index contributed by atoms with van der Waals surface area (Å²) in [6, 6.07) is 2.25. The van der Waals surface area contributed by atoms with Crippen molar-refractivity contribution in [3.05, 3.63) is 0 Å². The molecule has 0 aromatic rings. The normalized spacial score (nSPS) is 12.8. The van der Waals surface area contributed by atoms with E-state index in [1.165, 1.54) is 17.9 Å². The van der Waals surface area contributed by atoms with Gasteiger partial charge in [0.15, 0.2) is 0 Å². The quantitative estimate of drug-likeness (QED) is 0.590. The topological polar surface area (TPSA) is 27.0 Å². The summed E-state index contributed by atoms with van der Waals surface area (Å²) in [7, 11) is 2.09. The molecule has 0 aromatic carbocycles. The summed E-state index contributed by atoms with van der Waals surface area (Å²) in [5.41, 5.74) is 0. The van der Waals surface area contributed by atoms with Gasteiger partial charge < -0.3 is 4.90 Å². The Morgan fingerprint density at radius 2 is 2.23 bits per heavy atom. The molecule has 1 unspecified atom stereocenters. The minimum atomic E-state index is 0.156. The zero-order chi connectivity index (χ0) is 10.1. The van der Waals surface area contributed by atoms with Gasteiger partial charge in [0.05, 0.1) is 12.0 Å². The molecule has 0 aromatic heterocycles. The molecule has 3 heteroatoms. The predicted octanol–water partition coefficient (Wildman–Crippen LogP) is 2.22. The molecular formula is C10H20N2S. The van der Waals surface area contributed by atoms with Crippen LogP contribution in [0.5, 0.6) is 0 Å². The Morgan fingerprint density at radius 1 is 1.54 bits per heavy atom. The number of nitriles is 1. The number of hydrogen-bond acceptors (Lipinski definition) is 3. The lowest BCUT2D eigenvalue weighted by atomic mass is 10.2. The first-order valence-corrected chi connectivity index (χ1v) is 6.02. The fraction of sp³-hybridized carbons (Fsp3) is 0.900. The molecule has 1 atom stereocenters. The van der Waals surface area contributed by atoms with E-state index >= 15 is 0 Å². The second kappa shape index (κ2) is 8.40. The standard InChI is InChI=1S/C10H20N2S/c1-4-13-7-5-6-12(3)9-10(2)8-11/h10H,4-7,9H2,1-3H3. The van der Waals surface area contributed by atoms with Gasteiger partial charge in [-0.05, 0) is 38.4 Å². The average molecular weight is 200 g/mol. The van der Waals surface area contributed by atoms with Gasteiger partial charge >= 0.3 is 0 Å². The summed E-state index contributed by atoms with van der Waals surface area (Å²) >= 11 is 1.98. The van der Waals surface area contributed by atoms with Crippen molar-refractivity contribution in [2.45, 2.75) is 20.3 Å². The van der Waals surface area contributed by atoms with Gasteiger partial charge in [-0.3, -0.25) is 0 Å². The van der Waals surface area contributed by atoms with Gasteiger partial charge in [-0.2, -0.15) is 17.0 Å². The van der Waals surface area contributed by atoms with Crippen LogP contribution in [-0.2, 0) is 0 Å². The molecule has 0 radical (unpaired) electrons. The zero-order valence-corrected chi connectivity index (χ0v) is 9.73. The minimum absolute atomic E-state index is 0.156. The third kappa shape index (κ3) is 8.14. The second-order valence-corrected chi connectivity index (χ2v) is 4.74. The second-order valence-electron chi connectivity index (χ2n) is 3.34. The van der Waals surface area contributed by atoms with Crippen LogP contribution in [0.3, 0.4) is 0 Å². The van der Waals surface area contributed by atoms with Crippen molar-refractivity contribution < 1.29 is 0 Å². The molecule has 0 spiro atoms. The highest BCUT2D eigenvalue weighted by molar-refractivity contribution is 7.99. The number of hydrogen-bond donors (Lipinski definition) is 0. The maximum atomic E-state index is 8.61. The van der Waals surface area contributed by atoms with Gasteiger partial charge in [-0.15, -0.1) is 0 Å². The van der Waals surface area contributed by atoms with Gasteiger partial charge in [-0.25, -0.2) is 0 Å². The van der Waals surface area contributed by atoms with E-state index in [-0.39, 0.29) is 5.92 Å². The highest BCUT2D eigenvalue weighted by Crippen LogP contribution is 2.03. The summed E-state index contributed by atoms with van der Waals surface area (Å²) in [4.78, 5) is 2.24. The highest BCUT2D eigenvalue weighted by Gasteiger charge is 2.03. The maximum Gasteiger partial charge on any atom is 0.0666 e. The van der Waals surface area contributed by atoms with Crippen molar-refractivity contribution in [3.8, 4) is 6.07 Å². The van der Waals surface area contributed by atoms with E-state index in [4.69, 9.17) is 5.26 Å². The van der Waals surface area contributed by atoms with Crippen molar-refractivity contribution in [2.24, 2.45) is 5.92 Å². The predicted molar refractivity (Wildman–Crippen MR) is 59.9 cm³/mol. The molecule has 0 bridgehead atoms. The Labute approximate surface area is 86.3 Å². The summed E-state index contributed by atoms with van der Waals surface area (Å²) < 4.78 is 0. The lowest BCUT2D eigenvalue weighted by Crippen LogP contribution is -2.25. The first-order chi connectivity index (χ1) is 6.20. The van der Waals surface area contributed by atoms with Crippen LogP contribution in [0.1, 0.15) is 20.3 Å². The smallest absolute Gasteiger partial charge is 0.0666 e. The summed E-state index contributed by atoms with van der Waals surface area (Å²) in [5.74, 6) is 2.60. The first kappa shape index (κ1) is 12.8. The van der Waals surface area contributed by atoms with Gasteiger partial charge in [0.2, 0.25) is 0 Å². The van der Waals surface area contributed by atoms with Crippen LogP contribution >= 0.6 is 11.8 Å². The minimum Gasteiger partial charge on any atom is -0.305 e. The third-order valence-corrected chi connectivity index (χ3v) is 2.82. The van der Waals surface area contributed by atoms with Crippen LogP contribution in [0.15, 0.2) is 0 Å². The van der Waals surface area contributed by atoms with E-state index in [1.807, 2.05) is 18.7 Å². The summed E-state index contributed by atoms with van der Waals surface area (Å²) in [5, 5.41) is 8.61. The largest absolute Gasteiger partial charge is 0.305 e. The van der Waals surface area contributed by atoms with Gasteiger partial charge in [0, 0.05) is 6.54 Å². The number of thioether (sulfide) groups is 1. The van der Waals surface area contributed by atoms with E-state index < -0.39 is 0 Å². The lowest BCUT2D eigenvalue weighted by Gasteiger charge is -2.17. The third-order valence-electron chi connectivity index (χ3n) is 1.84. The van der Waals surface area contributed by atoms with Crippen LogP contribution in [0, 0.1) is 17.2 Å². The average Bonchev–Trinajstić information content (AvgIpc) is 2.12. The fourth-order valence-electron chi connectivity index (χ4n) is 1.18. The van der Waals surface area contributed by atoms with Crippen molar-refractivity contribution in [1.82, 2.24) is 4.90 Å². The van der Waals surface area contributed by atoms with E-state index in [2.05, 4.69) is 24.9 Å². The monoisotopic (exact) mass is 200 g/mol. The first-order valence-electron chi connectivity index (χ1n) is 4.86. The van der Waals surface area contributed by atoms with E-state index in [1.54, 1.807) is 0 Å². The Kier molecular flexibility index (Phi) is 8.27. The number of rotatable bonds is 7. The molecule has 0 aliphatic rings. The van der Waals surface area contributed by atoms with E-state index in [9.17, 15) is 0 Å². The van der Waals surface area contributed by atoms with Crippen LogP contribution < -0.4 is 0 Å². The van der Waals surface area contributed by atoms with Crippen LogP contribution in [0.2, 0.25) is 0 Å². The zero-order valence-electron chi connectivity index (χ0n) is 8.92. The lowest BCUT2D eigenvalue weighted by molar-refractivity contribution is 0.312. The molecule has 0 N–H and O–H groups in total. The molecule has 0 aliphatic carbocycles. The van der Waals surface area contributed by atoms with Crippen molar-refractivity contribution in [3.63, 3.8) is 0 Å². The molecule has 0 heterocycles. The van der Waals surface area contributed by atoms with Crippen molar-refractivity contribution in [1.29, 1.82) is 5.26 Å². The highest BCUT2D eigenvalue weighted by atomic mass is 32.2. The van der Waals surface area contributed by atoms with Crippen LogP contribution in [0.4, 0.5) is 0 Å². The molecule has 2 nitrogen and oxygen atoms in total. The van der Waals surface area contributed by atoms with Gasteiger partial charge in [-0.1, -0.05) is 6.92 Å². The molecule has 76 valence electrons. The molecule has 0 saturated carbocycles. The fourth-order valence-corrected chi connectivity index (χ4v) is 1.80. The molecule has 13 heavy (non-hydrogen) atoms. The van der Waals surface area contributed by atoms with Crippen molar-refractivity contribution in [2.75, 3.05) is 31.6 Å². The Bertz CT molecular complexity index is 153.